The zero-order chi connectivity index (χ0) is 12.7. The van der Waals surface area contributed by atoms with Gasteiger partial charge in [0.25, 0.3) is 0 Å². The molecule has 4 heteroatoms. The summed E-state index contributed by atoms with van der Waals surface area (Å²) in [6, 6.07) is 4.04. The summed E-state index contributed by atoms with van der Waals surface area (Å²) in [7, 11) is 0. The van der Waals surface area contributed by atoms with Crippen molar-refractivity contribution in [2.45, 2.75) is 39.1 Å². The van der Waals surface area contributed by atoms with E-state index in [0.29, 0.717) is 11.8 Å². The first-order valence-corrected chi connectivity index (χ1v) is 7.11. The van der Waals surface area contributed by atoms with Crippen molar-refractivity contribution in [1.29, 1.82) is 0 Å². The Morgan fingerprint density at radius 3 is 2.83 bits per heavy atom. The van der Waals surface area contributed by atoms with Crippen molar-refractivity contribution in [2.75, 3.05) is 0 Å². The molecule has 0 N–H and O–H groups in total. The summed E-state index contributed by atoms with van der Waals surface area (Å²) < 4.78 is 2.21. The van der Waals surface area contributed by atoms with Crippen LogP contribution in [0.15, 0.2) is 12.1 Å². The van der Waals surface area contributed by atoms with Crippen molar-refractivity contribution in [1.82, 2.24) is 14.5 Å². The topological polar surface area (TPSA) is 30.7 Å². The predicted octanol–water partition coefficient (Wildman–Crippen LogP) is 3.52. The highest BCUT2D eigenvalue weighted by atomic mass is 35.5. The van der Waals surface area contributed by atoms with Gasteiger partial charge in [0.1, 0.15) is 11.3 Å². The van der Waals surface area contributed by atoms with Gasteiger partial charge in [0, 0.05) is 12.2 Å². The molecule has 0 saturated heterocycles. The summed E-state index contributed by atoms with van der Waals surface area (Å²) in [5.41, 5.74) is 2.97. The van der Waals surface area contributed by atoms with Crippen molar-refractivity contribution in [3.63, 3.8) is 0 Å². The van der Waals surface area contributed by atoms with Gasteiger partial charge in [0.15, 0.2) is 5.65 Å². The maximum Gasteiger partial charge on any atom is 0.160 e. The third-order valence-corrected chi connectivity index (χ3v) is 4.07. The zero-order valence-corrected chi connectivity index (χ0v) is 11.6. The number of fused-ring (bicyclic) bond motifs is 1. The Kier molecular flexibility index (Phi) is 3.02. The Morgan fingerprint density at radius 1 is 1.39 bits per heavy atom. The van der Waals surface area contributed by atoms with Crippen LogP contribution in [0.1, 0.15) is 31.3 Å². The Hall–Kier alpha value is -1.09. The van der Waals surface area contributed by atoms with Crippen LogP contribution in [0.4, 0.5) is 0 Å². The van der Waals surface area contributed by atoms with Gasteiger partial charge in [-0.3, -0.25) is 0 Å². The molecular weight excluding hydrogens is 246 g/mol. The Labute approximate surface area is 112 Å². The Balaban J connectivity index is 2.03. The summed E-state index contributed by atoms with van der Waals surface area (Å²) in [5.74, 6) is 2.96. The molecule has 2 aromatic rings. The van der Waals surface area contributed by atoms with Crippen LogP contribution in [0.2, 0.25) is 0 Å². The molecule has 1 fully saturated rings. The largest absolute Gasteiger partial charge is 0.311 e. The van der Waals surface area contributed by atoms with Crippen LogP contribution in [0, 0.1) is 18.8 Å². The highest BCUT2D eigenvalue weighted by Gasteiger charge is 2.29. The number of imidazole rings is 1. The summed E-state index contributed by atoms with van der Waals surface area (Å²) >= 11 is 6.01. The number of pyridine rings is 1. The number of aryl methyl sites for hydroxylation is 1. The zero-order valence-electron chi connectivity index (χ0n) is 10.9. The van der Waals surface area contributed by atoms with Crippen LogP contribution in [0.5, 0.6) is 0 Å². The second-order valence-corrected chi connectivity index (χ2v) is 5.65. The Morgan fingerprint density at radius 2 is 2.17 bits per heavy atom. The van der Waals surface area contributed by atoms with E-state index in [9.17, 15) is 0 Å². The van der Waals surface area contributed by atoms with Crippen LogP contribution in [-0.4, -0.2) is 14.5 Å². The second-order valence-electron chi connectivity index (χ2n) is 5.38. The fourth-order valence-electron chi connectivity index (χ4n) is 2.54. The van der Waals surface area contributed by atoms with Gasteiger partial charge in [-0.05, 0) is 43.7 Å². The predicted molar refractivity (Wildman–Crippen MR) is 73.7 cm³/mol. The number of alkyl halides is 1. The maximum absolute atomic E-state index is 6.01. The lowest BCUT2D eigenvalue weighted by atomic mass is 10.1. The highest BCUT2D eigenvalue weighted by molar-refractivity contribution is 6.16. The lowest BCUT2D eigenvalue weighted by Gasteiger charge is -2.13. The molecule has 0 aliphatic heterocycles. The molecule has 0 aromatic carbocycles. The molecule has 2 heterocycles. The summed E-state index contributed by atoms with van der Waals surface area (Å²) in [6.45, 7) is 5.32. The summed E-state index contributed by atoms with van der Waals surface area (Å²) in [5, 5.41) is 0. The van der Waals surface area contributed by atoms with E-state index in [1.165, 1.54) is 12.8 Å². The van der Waals surface area contributed by atoms with E-state index >= 15 is 0 Å². The lowest BCUT2D eigenvalue weighted by molar-refractivity contribution is 0.429. The van der Waals surface area contributed by atoms with E-state index in [2.05, 4.69) is 21.5 Å². The van der Waals surface area contributed by atoms with Gasteiger partial charge >= 0.3 is 0 Å². The van der Waals surface area contributed by atoms with E-state index in [1.807, 2.05) is 19.1 Å². The normalized spacial score (nSPS) is 17.3. The SMILES string of the molecule is Cc1ccc2nc(CCl)n(CC(C)C3CC3)c2n1. The van der Waals surface area contributed by atoms with Crippen molar-refractivity contribution in [2.24, 2.45) is 11.8 Å². The summed E-state index contributed by atoms with van der Waals surface area (Å²) in [4.78, 5) is 9.19. The molecule has 3 nitrogen and oxygen atoms in total. The monoisotopic (exact) mass is 263 g/mol. The van der Waals surface area contributed by atoms with Crippen LogP contribution in [0.3, 0.4) is 0 Å². The van der Waals surface area contributed by atoms with E-state index in [0.717, 1.165) is 35.1 Å². The van der Waals surface area contributed by atoms with E-state index < -0.39 is 0 Å². The molecule has 1 aliphatic carbocycles. The van der Waals surface area contributed by atoms with Gasteiger partial charge < -0.3 is 4.57 Å². The molecular formula is C14H18ClN3. The fraction of sp³-hybridized carbons (Fsp3) is 0.571. The first-order chi connectivity index (χ1) is 8.69. The highest BCUT2D eigenvalue weighted by Crippen LogP contribution is 2.37. The molecule has 18 heavy (non-hydrogen) atoms. The van der Waals surface area contributed by atoms with Crippen molar-refractivity contribution in [3.05, 3.63) is 23.7 Å². The third-order valence-electron chi connectivity index (χ3n) is 3.83. The van der Waals surface area contributed by atoms with E-state index in [1.54, 1.807) is 0 Å². The lowest BCUT2D eigenvalue weighted by Crippen LogP contribution is -2.12. The van der Waals surface area contributed by atoms with Gasteiger partial charge in [0.05, 0.1) is 5.88 Å². The number of nitrogens with zero attached hydrogens (tertiary/aromatic N) is 3. The molecule has 1 saturated carbocycles. The quantitative estimate of drug-likeness (QED) is 0.790. The standard InChI is InChI=1S/C14H18ClN3/c1-9(11-4-5-11)8-18-13(7-15)17-12-6-3-10(2)16-14(12)18/h3,6,9,11H,4-5,7-8H2,1-2H3. The summed E-state index contributed by atoms with van der Waals surface area (Å²) in [6.07, 6.45) is 2.74. The van der Waals surface area contributed by atoms with Crippen LogP contribution in [0.25, 0.3) is 11.2 Å². The number of aromatic nitrogens is 3. The molecule has 0 amide bonds. The average molecular weight is 264 g/mol. The third kappa shape index (κ3) is 2.12. The molecule has 0 radical (unpaired) electrons. The molecule has 0 spiro atoms. The van der Waals surface area contributed by atoms with Crippen LogP contribution in [-0.2, 0) is 12.4 Å². The first-order valence-electron chi connectivity index (χ1n) is 6.57. The molecule has 1 aliphatic rings. The minimum absolute atomic E-state index is 0.451. The van der Waals surface area contributed by atoms with Gasteiger partial charge in [0.2, 0.25) is 0 Å². The van der Waals surface area contributed by atoms with E-state index in [-0.39, 0.29) is 0 Å². The first kappa shape index (κ1) is 12.0. The molecule has 1 atom stereocenters. The molecule has 96 valence electrons. The van der Waals surface area contributed by atoms with Gasteiger partial charge in [-0.25, -0.2) is 9.97 Å². The van der Waals surface area contributed by atoms with Gasteiger partial charge in [-0.2, -0.15) is 0 Å². The minimum Gasteiger partial charge on any atom is -0.311 e. The number of halogens is 1. The smallest absolute Gasteiger partial charge is 0.160 e. The second kappa shape index (κ2) is 4.54. The molecule has 0 bridgehead atoms. The molecule has 2 aromatic heterocycles. The number of hydrogen-bond donors (Lipinski definition) is 0. The van der Waals surface area contributed by atoms with Crippen molar-refractivity contribution < 1.29 is 0 Å². The maximum atomic E-state index is 6.01. The van der Waals surface area contributed by atoms with Crippen molar-refractivity contribution >= 4 is 22.8 Å². The molecule has 3 rings (SSSR count). The molecule has 1 unspecified atom stereocenters. The number of hydrogen-bond acceptors (Lipinski definition) is 2. The Bertz CT molecular complexity index is 572. The van der Waals surface area contributed by atoms with Gasteiger partial charge in [-0.15, -0.1) is 11.6 Å². The van der Waals surface area contributed by atoms with Crippen LogP contribution >= 0.6 is 11.6 Å². The fourth-order valence-corrected chi connectivity index (χ4v) is 2.74. The van der Waals surface area contributed by atoms with Gasteiger partial charge in [-0.1, -0.05) is 6.92 Å². The minimum atomic E-state index is 0.451. The average Bonchev–Trinajstić information content (AvgIpc) is 3.15. The van der Waals surface area contributed by atoms with Crippen molar-refractivity contribution in [3.8, 4) is 0 Å². The van der Waals surface area contributed by atoms with Crippen LogP contribution < -0.4 is 0 Å². The van der Waals surface area contributed by atoms with E-state index in [4.69, 9.17) is 11.6 Å². The number of rotatable bonds is 4.